The molecular weight excluding hydrogens is 316 g/mol. The molecule has 2 heterocycles. The van der Waals surface area contributed by atoms with Gasteiger partial charge in [0.1, 0.15) is 0 Å². The Morgan fingerprint density at radius 3 is 2.61 bits per heavy atom. The molecule has 1 aromatic heterocycles. The van der Waals surface area contributed by atoms with Gasteiger partial charge in [0, 0.05) is 19.3 Å². The number of rotatable bonds is 4. The Kier molecular flexibility index (Phi) is 7.15. The molecule has 0 aliphatic carbocycles. The first kappa shape index (κ1) is 19.1. The number of hydrogen-bond donors (Lipinski definition) is 1. The maximum absolute atomic E-state index is 12.7. The van der Waals surface area contributed by atoms with Crippen molar-refractivity contribution >= 4 is 5.97 Å². The molecule has 1 atom stereocenters. The first-order chi connectivity index (χ1) is 10.7. The Hall–Kier alpha value is -1.96. The molecule has 4 nitrogen and oxygen atoms in total. The van der Waals surface area contributed by atoms with Crippen LogP contribution in [0, 0.1) is 5.95 Å². The topological polar surface area (TPSA) is 53.4 Å². The molecular formula is C15H18F4N2O2. The van der Waals surface area contributed by atoms with E-state index >= 15 is 0 Å². The average molecular weight is 334 g/mol. The van der Waals surface area contributed by atoms with E-state index < -0.39 is 18.1 Å². The van der Waals surface area contributed by atoms with Gasteiger partial charge in [0.05, 0.1) is 0 Å². The van der Waals surface area contributed by atoms with Crippen molar-refractivity contribution in [2.75, 3.05) is 19.6 Å². The summed E-state index contributed by atoms with van der Waals surface area (Å²) in [5.41, 5.74) is 1.16. The van der Waals surface area contributed by atoms with Gasteiger partial charge in [-0.05, 0) is 36.9 Å². The van der Waals surface area contributed by atoms with Gasteiger partial charge in [-0.1, -0.05) is 12.1 Å². The molecule has 1 saturated heterocycles. The van der Waals surface area contributed by atoms with Gasteiger partial charge < -0.3 is 10.0 Å². The number of carbonyl (C=O) groups is 1. The average Bonchev–Trinajstić information content (AvgIpc) is 2.94. The van der Waals surface area contributed by atoms with Crippen molar-refractivity contribution in [2.45, 2.75) is 24.9 Å². The van der Waals surface area contributed by atoms with Crippen LogP contribution in [0.4, 0.5) is 17.6 Å². The molecule has 23 heavy (non-hydrogen) atoms. The van der Waals surface area contributed by atoms with E-state index in [4.69, 9.17) is 9.90 Å². The fourth-order valence-corrected chi connectivity index (χ4v) is 2.21. The van der Waals surface area contributed by atoms with Gasteiger partial charge in [0.2, 0.25) is 5.95 Å². The molecule has 1 unspecified atom stereocenters. The normalized spacial score (nSPS) is 18.2. The van der Waals surface area contributed by atoms with Gasteiger partial charge in [-0.3, -0.25) is 0 Å². The van der Waals surface area contributed by atoms with Crippen LogP contribution in [0.3, 0.4) is 0 Å². The minimum Gasteiger partial charge on any atom is -0.475 e. The smallest absolute Gasteiger partial charge is 0.475 e. The van der Waals surface area contributed by atoms with E-state index in [2.05, 4.69) is 16.5 Å². The van der Waals surface area contributed by atoms with Gasteiger partial charge in [-0.15, -0.1) is 6.58 Å². The maximum Gasteiger partial charge on any atom is 0.490 e. The van der Waals surface area contributed by atoms with Crippen LogP contribution in [-0.4, -0.2) is 46.8 Å². The summed E-state index contributed by atoms with van der Waals surface area (Å²) in [5.74, 6) is -2.64. The minimum atomic E-state index is -5.08. The molecule has 0 aromatic carbocycles. The van der Waals surface area contributed by atoms with Gasteiger partial charge in [-0.2, -0.15) is 17.6 Å². The van der Waals surface area contributed by atoms with E-state index in [1.807, 2.05) is 12.1 Å². The van der Waals surface area contributed by atoms with Crippen LogP contribution < -0.4 is 0 Å². The van der Waals surface area contributed by atoms with E-state index in [-0.39, 0.29) is 0 Å². The van der Waals surface area contributed by atoms with E-state index in [0.717, 1.165) is 38.0 Å². The first-order valence-electron chi connectivity index (χ1n) is 6.99. The highest BCUT2D eigenvalue weighted by molar-refractivity contribution is 5.73. The number of likely N-dealkylation sites (tertiary alicyclic amines) is 1. The maximum atomic E-state index is 12.7. The van der Waals surface area contributed by atoms with E-state index in [0.29, 0.717) is 5.92 Å². The Morgan fingerprint density at radius 1 is 1.48 bits per heavy atom. The minimum absolute atomic E-state index is 0.398. The summed E-state index contributed by atoms with van der Waals surface area (Å²) in [5, 5.41) is 7.12. The zero-order valence-corrected chi connectivity index (χ0v) is 12.4. The van der Waals surface area contributed by atoms with Gasteiger partial charge in [-0.25, -0.2) is 9.78 Å². The van der Waals surface area contributed by atoms with Crippen molar-refractivity contribution in [1.29, 1.82) is 0 Å². The monoisotopic (exact) mass is 334 g/mol. The third-order valence-corrected chi connectivity index (χ3v) is 3.39. The Morgan fingerprint density at radius 2 is 2.13 bits per heavy atom. The Balaban J connectivity index is 0.000000322. The van der Waals surface area contributed by atoms with Crippen LogP contribution in [0.2, 0.25) is 0 Å². The van der Waals surface area contributed by atoms with Crippen molar-refractivity contribution in [3.8, 4) is 0 Å². The van der Waals surface area contributed by atoms with Crippen molar-refractivity contribution in [2.24, 2.45) is 0 Å². The van der Waals surface area contributed by atoms with Crippen LogP contribution >= 0.6 is 0 Å². The fraction of sp³-hybridized carbons (Fsp3) is 0.467. The number of halogens is 4. The zero-order chi connectivity index (χ0) is 17.5. The molecule has 1 N–H and O–H groups in total. The summed E-state index contributed by atoms with van der Waals surface area (Å²) in [6, 6.07) is 3.30. The second kappa shape index (κ2) is 8.61. The van der Waals surface area contributed by atoms with Crippen molar-refractivity contribution in [3.05, 3.63) is 42.5 Å². The zero-order valence-electron chi connectivity index (χ0n) is 12.4. The molecule has 1 fully saturated rings. The standard InChI is InChI=1S/C13H17FN2.C2HF3O2/c1-2-3-7-16-8-6-12(10-16)11-4-5-13(14)15-9-11;3-2(4,5)1(6)7/h2,4-5,9,12H,1,3,6-8,10H2;(H,6,7). The molecule has 8 heteroatoms. The number of hydrogen-bond acceptors (Lipinski definition) is 3. The molecule has 0 saturated carbocycles. The van der Waals surface area contributed by atoms with Gasteiger partial charge >= 0.3 is 12.1 Å². The molecule has 1 aliphatic rings. The lowest BCUT2D eigenvalue weighted by atomic mass is 10.0. The predicted octanol–water partition coefficient (Wildman–Crippen LogP) is 3.22. The number of pyridine rings is 1. The second-order valence-corrected chi connectivity index (χ2v) is 5.08. The largest absolute Gasteiger partial charge is 0.490 e. The van der Waals surface area contributed by atoms with Crippen LogP contribution in [-0.2, 0) is 4.79 Å². The SMILES string of the molecule is C=CCCN1CCC(c2ccc(F)nc2)C1.O=C(O)C(F)(F)F. The number of carboxylic acids is 1. The molecule has 1 aliphatic heterocycles. The first-order valence-corrected chi connectivity index (χ1v) is 6.99. The van der Waals surface area contributed by atoms with Gasteiger partial charge in [0.15, 0.2) is 0 Å². The molecule has 0 amide bonds. The lowest BCUT2D eigenvalue weighted by Crippen LogP contribution is -2.21. The number of nitrogens with zero attached hydrogens (tertiary/aromatic N) is 2. The molecule has 0 bridgehead atoms. The van der Waals surface area contributed by atoms with Crippen molar-refractivity contribution in [1.82, 2.24) is 9.88 Å². The number of carboxylic acid groups (broad SMARTS) is 1. The lowest BCUT2D eigenvalue weighted by molar-refractivity contribution is -0.192. The van der Waals surface area contributed by atoms with Crippen LogP contribution in [0.5, 0.6) is 0 Å². The fourth-order valence-electron chi connectivity index (χ4n) is 2.21. The highest BCUT2D eigenvalue weighted by Crippen LogP contribution is 2.26. The summed E-state index contributed by atoms with van der Waals surface area (Å²) >= 11 is 0. The van der Waals surface area contributed by atoms with Crippen molar-refractivity contribution < 1.29 is 27.5 Å². The molecule has 128 valence electrons. The Bertz CT molecular complexity index is 517. The third-order valence-electron chi connectivity index (χ3n) is 3.39. The molecule has 1 aromatic rings. The number of aliphatic carboxylic acids is 1. The second-order valence-electron chi connectivity index (χ2n) is 5.08. The van der Waals surface area contributed by atoms with E-state index in [1.165, 1.54) is 6.07 Å². The molecule has 0 spiro atoms. The van der Waals surface area contributed by atoms with E-state index in [9.17, 15) is 17.6 Å². The third kappa shape index (κ3) is 6.77. The summed E-state index contributed by atoms with van der Waals surface area (Å²) < 4.78 is 44.4. The predicted molar refractivity (Wildman–Crippen MR) is 76.5 cm³/mol. The summed E-state index contributed by atoms with van der Waals surface area (Å²) in [6.07, 6.45) is 0.711. The summed E-state index contributed by atoms with van der Waals surface area (Å²) in [7, 11) is 0. The quantitative estimate of drug-likeness (QED) is 0.522. The van der Waals surface area contributed by atoms with Crippen LogP contribution in [0.15, 0.2) is 31.0 Å². The highest BCUT2D eigenvalue weighted by atomic mass is 19.4. The molecule has 0 radical (unpaired) electrons. The lowest BCUT2D eigenvalue weighted by Gasteiger charge is -2.14. The Labute approximate surface area is 131 Å². The molecule has 2 rings (SSSR count). The van der Waals surface area contributed by atoms with Crippen LogP contribution in [0.25, 0.3) is 0 Å². The summed E-state index contributed by atoms with van der Waals surface area (Å²) in [6.45, 7) is 6.99. The summed E-state index contributed by atoms with van der Waals surface area (Å²) in [4.78, 5) is 15.0. The van der Waals surface area contributed by atoms with E-state index in [1.54, 1.807) is 6.20 Å². The number of alkyl halides is 3. The van der Waals surface area contributed by atoms with Crippen LogP contribution in [0.1, 0.15) is 24.3 Å². The van der Waals surface area contributed by atoms with Gasteiger partial charge in [0.25, 0.3) is 0 Å². The number of aromatic nitrogens is 1. The highest BCUT2D eigenvalue weighted by Gasteiger charge is 2.38. The van der Waals surface area contributed by atoms with Crippen molar-refractivity contribution in [3.63, 3.8) is 0 Å².